The number of carbonyl (C=O) groups is 2. The van der Waals surface area contributed by atoms with Gasteiger partial charge in [0, 0.05) is 23.4 Å². The topological polar surface area (TPSA) is 58.2 Å². The van der Waals surface area contributed by atoms with Crippen LogP contribution in [0.4, 0.5) is 0 Å². The van der Waals surface area contributed by atoms with Gasteiger partial charge in [0.25, 0.3) is 5.91 Å². The van der Waals surface area contributed by atoms with Gasteiger partial charge < -0.3 is 10.6 Å². The Bertz CT molecular complexity index is 680. The van der Waals surface area contributed by atoms with E-state index in [1.807, 2.05) is 42.6 Å². The van der Waals surface area contributed by atoms with Crippen molar-refractivity contribution in [2.45, 2.75) is 33.2 Å². The molecular weight excluding hydrogens is 320 g/mol. The number of aryl methyl sites for hydroxylation is 1. The lowest BCUT2D eigenvalue weighted by molar-refractivity contribution is -0.122. The van der Waals surface area contributed by atoms with Gasteiger partial charge in [-0.3, -0.25) is 9.59 Å². The number of carbonyl (C=O) groups excluding carboxylic acids is 2. The lowest BCUT2D eigenvalue weighted by Crippen LogP contribution is -2.34. The van der Waals surface area contributed by atoms with Crippen LogP contribution in [0.5, 0.6) is 0 Å². The number of nitrogens with one attached hydrogen (secondary N) is 2. The maximum absolute atomic E-state index is 12.2. The molecule has 128 valence electrons. The van der Waals surface area contributed by atoms with E-state index in [2.05, 4.69) is 24.5 Å². The van der Waals surface area contributed by atoms with E-state index in [1.54, 1.807) is 17.4 Å². The van der Waals surface area contributed by atoms with Gasteiger partial charge in [-0.2, -0.15) is 0 Å². The van der Waals surface area contributed by atoms with Gasteiger partial charge >= 0.3 is 0 Å². The minimum atomic E-state index is -0.148. The molecule has 0 saturated carbocycles. The van der Waals surface area contributed by atoms with Gasteiger partial charge in [0.2, 0.25) is 5.91 Å². The second-order valence-electron chi connectivity index (χ2n) is 6.18. The minimum absolute atomic E-state index is 0.0185. The third-order valence-electron chi connectivity index (χ3n) is 3.75. The third-order valence-corrected chi connectivity index (χ3v) is 4.71. The van der Waals surface area contributed by atoms with Crippen LogP contribution in [-0.2, 0) is 4.79 Å². The number of benzene rings is 1. The largest absolute Gasteiger partial charge is 0.352 e. The molecule has 1 unspecified atom stereocenters. The predicted molar refractivity (Wildman–Crippen MR) is 98.2 cm³/mol. The molecule has 0 aliphatic heterocycles. The average Bonchev–Trinajstić information content (AvgIpc) is 3.06. The van der Waals surface area contributed by atoms with Gasteiger partial charge in [-0.15, -0.1) is 11.3 Å². The zero-order valence-corrected chi connectivity index (χ0v) is 15.2. The Morgan fingerprint density at radius 2 is 1.96 bits per heavy atom. The van der Waals surface area contributed by atoms with Crippen molar-refractivity contribution in [3.8, 4) is 0 Å². The molecule has 1 heterocycles. The van der Waals surface area contributed by atoms with Crippen LogP contribution in [0.3, 0.4) is 0 Å². The summed E-state index contributed by atoms with van der Waals surface area (Å²) in [5, 5.41) is 7.87. The van der Waals surface area contributed by atoms with Crippen molar-refractivity contribution in [3.05, 3.63) is 57.8 Å². The van der Waals surface area contributed by atoms with E-state index in [4.69, 9.17) is 0 Å². The fourth-order valence-corrected chi connectivity index (χ4v) is 3.41. The highest BCUT2D eigenvalue weighted by Crippen LogP contribution is 2.25. The van der Waals surface area contributed by atoms with Crippen molar-refractivity contribution in [2.24, 2.45) is 5.92 Å². The van der Waals surface area contributed by atoms with E-state index < -0.39 is 0 Å². The molecule has 0 aliphatic carbocycles. The van der Waals surface area contributed by atoms with Crippen LogP contribution in [-0.4, -0.2) is 18.4 Å². The SMILES string of the molecule is Cc1cccc(C(=O)NCCC(=O)NC(c2cccs2)C(C)C)c1. The standard InChI is InChI=1S/C19H24N2O2S/c1-13(2)18(16-8-5-11-24-16)21-17(22)9-10-20-19(23)15-7-4-6-14(3)12-15/h4-8,11-13,18H,9-10H2,1-3H3,(H,20,23)(H,21,22). The first-order valence-electron chi connectivity index (χ1n) is 8.15. The van der Waals surface area contributed by atoms with Crippen molar-refractivity contribution in [1.82, 2.24) is 10.6 Å². The van der Waals surface area contributed by atoms with E-state index in [0.29, 0.717) is 18.0 Å². The summed E-state index contributed by atoms with van der Waals surface area (Å²) in [5.74, 6) is 0.117. The molecule has 0 saturated heterocycles. The van der Waals surface area contributed by atoms with Crippen molar-refractivity contribution >= 4 is 23.2 Å². The molecule has 1 aromatic heterocycles. The zero-order valence-electron chi connectivity index (χ0n) is 14.3. The van der Waals surface area contributed by atoms with Crippen LogP contribution in [0.15, 0.2) is 41.8 Å². The summed E-state index contributed by atoms with van der Waals surface area (Å²) >= 11 is 1.64. The highest BCUT2D eigenvalue weighted by molar-refractivity contribution is 7.10. The molecule has 0 radical (unpaired) electrons. The Morgan fingerprint density at radius 3 is 2.58 bits per heavy atom. The Morgan fingerprint density at radius 1 is 1.17 bits per heavy atom. The zero-order chi connectivity index (χ0) is 17.5. The number of thiophene rings is 1. The molecule has 4 nitrogen and oxygen atoms in total. The van der Waals surface area contributed by atoms with Gasteiger partial charge in [-0.1, -0.05) is 37.6 Å². The molecule has 2 amide bonds. The number of hydrogen-bond acceptors (Lipinski definition) is 3. The maximum Gasteiger partial charge on any atom is 0.251 e. The normalized spacial score (nSPS) is 12.0. The highest BCUT2D eigenvalue weighted by atomic mass is 32.1. The first kappa shape index (κ1) is 18.2. The molecule has 0 bridgehead atoms. The molecule has 24 heavy (non-hydrogen) atoms. The van der Waals surface area contributed by atoms with Gasteiger partial charge in [0.1, 0.15) is 0 Å². The Labute approximate surface area is 147 Å². The van der Waals surface area contributed by atoms with Gasteiger partial charge in [0.15, 0.2) is 0 Å². The number of hydrogen-bond donors (Lipinski definition) is 2. The number of amides is 2. The molecule has 2 N–H and O–H groups in total. The number of rotatable bonds is 7. The first-order chi connectivity index (χ1) is 11.5. The molecule has 0 spiro atoms. The molecule has 1 aromatic carbocycles. The average molecular weight is 344 g/mol. The van der Waals surface area contributed by atoms with Crippen molar-refractivity contribution < 1.29 is 9.59 Å². The molecule has 2 rings (SSSR count). The monoisotopic (exact) mass is 344 g/mol. The summed E-state index contributed by atoms with van der Waals surface area (Å²) in [4.78, 5) is 25.4. The quantitative estimate of drug-likeness (QED) is 0.805. The van der Waals surface area contributed by atoms with E-state index in [0.717, 1.165) is 10.4 Å². The molecule has 0 fully saturated rings. The van der Waals surface area contributed by atoms with Gasteiger partial charge in [0.05, 0.1) is 6.04 Å². The fourth-order valence-electron chi connectivity index (χ4n) is 2.46. The summed E-state index contributed by atoms with van der Waals surface area (Å²) in [6, 6.07) is 11.4. The molecule has 1 atom stereocenters. The van der Waals surface area contributed by atoms with Crippen LogP contribution in [0.1, 0.15) is 47.1 Å². The maximum atomic E-state index is 12.2. The van der Waals surface area contributed by atoms with Gasteiger partial charge in [-0.05, 0) is 36.4 Å². The molecule has 0 aliphatic rings. The lowest BCUT2D eigenvalue weighted by Gasteiger charge is -2.21. The molecule has 5 heteroatoms. The van der Waals surface area contributed by atoms with E-state index in [1.165, 1.54) is 0 Å². The Kier molecular flexibility index (Phi) is 6.55. The minimum Gasteiger partial charge on any atom is -0.352 e. The fraction of sp³-hybridized carbons (Fsp3) is 0.368. The van der Waals surface area contributed by atoms with Crippen LogP contribution in [0.25, 0.3) is 0 Å². The summed E-state index contributed by atoms with van der Waals surface area (Å²) < 4.78 is 0. The molecular formula is C19H24N2O2S. The Hall–Kier alpha value is -2.14. The smallest absolute Gasteiger partial charge is 0.251 e. The summed E-state index contributed by atoms with van der Waals surface area (Å²) in [6.07, 6.45) is 0.270. The van der Waals surface area contributed by atoms with Gasteiger partial charge in [-0.25, -0.2) is 0 Å². The Balaban J connectivity index is 1.81. The van der Waals surface area contributed by atoms with Crippen molar-refractivity contribution in [1.29, 1.82) is 0 Å². The van der Waals surface area contributed by atoms with Crippen molar-refractivity contribution in [2.75, 3.05) is 6.54 Å². The van der Waals surface area contributed by atoms with E-state index in [9.17, 15) is 9.59 Å². The lowest BCUT2D eigenvalue weighted by atomic mass is 10.0. The second kappa shape index (κ2) is 8.64. The third kappa shape index (κ3) is 5.20. The van der Waals surface area contributed by atoms with Crippen LogP contribution in [0, 0.1) is 12.8 Å². The highest BCUT2D eigenvalue weighted by Gasteiger charge is 2.19. The predicted octanol–water partition coefficient (Wildman–Crippen LogP) is 3.69. The van der Waals surface area contributed by atoms with Crippen LogP contribution >= 0.6 is 11.3 Å². The van der Waals surface area contributed by atoms with E-state index in [-0.39, 0.29) is 24.3 Å². The van der Waals surface area contributed by atoms with E-state index >= 15 is 0 Å². The van der Waals surface area contributed by atoms with Crippen LogP contribution in [0.2, 0.25) is 0 Å². The van der Waals surface area contributed by atoms with Crippen LogP contribution < -0.4 is 10.6 Å². The second-order valence-corrected chi connectivity index (χ2v) is 7.16. The summed E-state index contributed by atoms with van der Waals surface area (Å²) in [7, 11) is 0. The summed E-state index contributed by atoms with van der Waals surface area (Å²) in [6.45, 7) is 6.45. The first-order valence-corrected chi connectivity index (χ1v) is 9.03. The molecule has 2 aromatic rings. The van der Waals surface area contributed by atoms with Crippen molar-refractivity contribution in [3.63, 3.8) is 0 Å². The summed E-state index contributed by atoms with van der Waals surface area (Å²) in [5.41, 5.74) is 1.66.